The summed E-state index contributed by atoms with van der Waals surface area (Å²) in [7, 11) is 3.60. The van der Waals surface area contributed by atoms with E-state index in [0.717, 1.165) is 13.0 Å². The van der Waals surface area contributed by atoms with E-state index in [0.29, 0.717) is 5.92 Å². The normalized spacial score (nSPS) is 13.1. The fraction of sp³-hybridized carbons (Fsp3) is 0.900. The van der Waals surface area contributed by atoms with E-state index in [9.17, 15) is 4.79 Å². The first-order valence-electron chi connectivity index (χ1n) is 4.93. The molecule has 3 heteroatoms. The highest BCUT2D eigenvalue weighted by Gasteiger charge is 2.19. The van der Waals surface area contributed by atoms with Gasteiger partial charge >= 0.3 is 0 Å². The summed E-state index contributed by atoms with van der Waals surface area (Å²) in [5, 5.41) is 3.20. The SMILES string of the molecule is CCNC(CC(C)C)C(=O)N(C)C. The second kappa shape index (κ2) is 5.97. The van der Waals surface area contributed by atoms with Crippen LogP contribution in [0.1, 0.15) is 27.2 Å². The predicted octanol–water partition coefficient (Wildman–Crippen LogP) is 1.10. The van der Waals surface area contributed by atoms with Crippen molar-refractivity contribution >= 4 is 5.91 Å². The molecule has 0 aromatic rings. The van der Waals surface area contributed by atoms with Crippen molar-refractivity contribution in [3.8, 4) is 0 Å². The van der Waals surface area contributed by atoms with Crippen molar-refractivity contribution in [2.75, 3.05) is 20.6 Å². The molecule has 0 aliphatic rings. The van der Waals surface area contributed by atoms with Crippen LogP contribution in [0.3, 0.4) is 0 Å². The Bertz CT molecular complexity index is 155. The van der Waals surface area contributed by atoms with Gasteiger partial charge in [-0.3, -0.25) is 4.79 Å². The molecule has 0 spiro atoms. The van der Waals surface area contributed by atoms with Crippen molar-refractivity contribution in [2.45, 2.75) is 33.2 Å². The molecule has 0 aromatic heterocycles. The van der Waals surface area contributed by atoms with Gasteiger partial charge in [-0.1, -0.05) is 20.8 Å². The van der Waals surface area contributed by atoms with Crippen LogP contribution in [0.5, 0.6) is 0 Å². The lowest BCUT2D eigenvalue weighted by atomic mass is 10.0. The number of nitrogens with zero attached hydrogens (tertiary/aromatic N) is 1. The zero-order chi connectivity index (χ0) is 10.4. The number of hydrogen-bond acceptors (Lipinski definition) is 2. The largest absolute Gasteiger partial charge is 0.347 e. The average molecular weight is 186 g/mol. The second-order valence-corrected chi connectivity index (χ2v) is 3.97. The van der Waals surface area contributed by atoms with Crippen LogP contribution in [0.2, 0.25) is 0 Å². The van der Waals surface area contributed by atoms with Crippen molar-refractivity contribution in [3.63, 3.8) is 0 Å². The monoisotopic (exact) mass is 186 g/mol. The summed E-state index contributed by atoms with van der Waals surface area (Å²) in [6, 6.07) is -0.0139. The minimum absolute atomic E-state index is 0.0139. The molecule has 0 aliphatic carbocycles. The molecule has 1 amide bonds. The molecule has 0 fully saturated rings. The molecule has 1 N–H and O–H groups in total. The zero-order valence-electron chi connectivity index (χ0n) is 9.42. The molecular weight excluding hydrogens is 164 g/mol. The van der Waals surface area contributed by atoms with Gasteiger partial charge in [0.25, 0.3) is 0 Å². The van der Waals surface area contributed by atoms with Gasteiger partial charge in [-0.05, 0) is 18.9 Å². The standard InChI is InChI=1S/C10H22N2O/c1-6-11-9(7-8(2)3)10(13)12(4)5/h8-9,11H,6-7H2,1-5H3. The molecule has 0 rings (SSSR count). The van der Waals surface area contributed by atoms with E-state index in [1.165, 1.54) is 0 Å². The molecule has 3 nitrogen and oxygen atoms in total. The molecule has 0 saturated heterocycles. The first kappa shape index (κ1) is 12.4. The quantitative estimate of drug-likeness (QED) is 0.697. The number of rotatable bonds is 5. The molecule has 78 valence electrons. The fourth-order valence-corrected chi connectivity index (χ4v) is 1.30. The van der Waals surface area contributed by atoms with E-state index >= 15 is 0 Å². The predicted molar refractivity (Wildman–Crippen MR) is 55.6 cm³/mol. The van der Waals surface area contributed by atoms with Gasteiger partial charge in [-0.25, -0.2) is 0 Å². The van der Waals surface area contributed by atoms with Crippen molar-refractivity contribution in [1.29, 1.82) is 0 Å². The third-order valence-corrected chi connectivity index (χ3v) is 1.90. The molecule has 0 heterocycles. The number of carbonyl (C=O) groups excluding carboxylic acids is 1. The summed E-state index contributed by atoms with van der Waals surface area (Å²) in [5.74, 6) is 0.725. The Kier molecular flexibility index (Phi) is 5.71. The van der Waals surface area contributed by atoms with Gasteiger partial charge in [-0.2, -0.15) is 0 Å². The van der Waals surface area contributed by atoms with Gasteiger partial charge in [-0.15, -0.1) is 0 Å². The van der Waals surface area contributed by atoms with E-state index in [1.807, 2.05) is 6.92 Å². The topological polar surface area (TPSA) is 32.3 Å². The molecule has 0 aliphatic heterocycles. The van der Waals surface area contributed by atoms with Gasteiger partial charge in [0, 0.05) is 14.1 Å². The summed E-state index contributed by atoms with van der Waals surface area (Å²) in [4.78, 5) is 13.3. The molecule has 0 radical (unpaired) electrons. The molecule has 1 atom stereocenters. The van der Waals surface area contributed by atoms with Crippen LogP contribution in [-0.4, -0.2) is 37.5 Å². The van der Waals surface area contributed by atoms with Crippen molar-refractivity contribution in [1.82, 2.24) is 10.2 Å². The highest BCUT2D eigenvalue weighted by Crippen LogP contribution is 2.06. The van der Waals surface area contributed by atoms with Crippen molar-refractivity contribution in [2.24, 2.45) is 5.92 Å². The van der Waals surface area contributed by atoms with Crippen LogP contribution in [-0.2, 0) is 4.79 Å². The molecule has 1 unspecified atom stereocenters. The first-order chi connectivity index (χ1) is 5.99. The van der Waals surface area contributed by atoms with Crippen LogP contribution in [0, 0.1) is 5.92 Å². The fourth-order valence-electron chi connectivity index (χ4n) is 1.30. The number of likely N-dealkylation sites (N-methyl/N-ethyl adjacent to an activating group) is 2. The molecule has 0 saturated carbocycles. The average Bonchev–Trinajstić information content (AvgIpc) is 2.01. The van der Waals surface area contributed by atoms with E-state index in [4.69, 9.17) is 0 Å². The Morgan fingerprint density at radius 3 is 2.23 bits per heavy atom. The van der Waals surface area contributed by atoms with Crippen LogP contribution >= 0.6 is 0 Å². The van der Waals surface area contributed by atoms with E-state index < -0.39 is 0 Å². The zero-order valence-corrected chi connectivity index (χ0v) is 9.42. The van der Waals surface area contributed by atoms with Crippen LogP contribution in [0.25, 0.3) is 0 Å². The number of hydrogen-bond donors (Lipinski definition) is 1. The molecule has 0 aromatic carbocycles. The summed E-state index contributed by atoms with van der Waals surface area (Å²) < 4.78 is 0. The Balaban J connectivity index is 4.15. The van der Waals surface area contributed by atoms with Gasteiger partial charge < -0.3 is 10.2 Å². The third kappa shape index (κ3) is 4.88. The highest BCUT2D eigenvalue weighted by molar-refractivity contribution is 5.81. The second-order valence-electron chi connectivity index (χ2n) is 3.97. The Morgan fingerprint density at radius 1 is 1.38 bits per heavy atom. The molecular formula is C10H22N2O. The summed E-state index contributed by atoms with van der Waals surface area (Å²) >= 11 is 0. The highest BCUT2D eigenvalue weighted by atomic mass is 16.2. The Hall–Kier alpha value is -0.570. The first-order valence-corrected chi connectivity index (χ1v) is 4.93. The lowest BCUT2D eigenvalue weighted by Gasteiger charge is -2.22. The van der Waals surface area contributed by atoms with Crippen LogP contribution in [0.15, 0.2) is 0 Å². The summed E-state index contributed by atoms with van der Waals surface area (Å²) in [6.07, 6.45) is 0.908. The minimum Gasteiger partial charge on any atom is -0.347 e. The van der Waals surface area contributed by atoms with Crippen LogP contribution in [0.4, 0.5) is 0 Å². The maximum Gasteiger partial charge on any atom is 0.239 e. The summed E-state index contributed by atoms with van der Waals surface area (Å²) in [5.41, 5.74) is 0. The molecule has 13 heavy (non-hydrogen) atoms. The van der Waals surface area contributed by atoms with Crippen molar-refractivity contribution in [3.05, 3.63) is 0 Å². The van der Waals surface area contributed by atoms with E-state index in [1.54, 1.807) is 19.0 Å². The lowest BCUT2D eigenvalue weighted by molar-refractivity contribution is -0.131. The number of amides is 1. The van der Waals surface area contributed by atoms with E-state index in [-0.39, 0.29) is 11.9 Å². The van der Waals surface area contributed by atoms with Gasteiger partial charge in [0.1, 0.15) is 0 Å². The maximum atomic E-state index is 11.6. The number of nitrogens with one attached hydrogen (secondary N) is 1. The number of carbonyl (C=O) groups is 1. The lowest BCUT2D eigenvalue weighted by Crippen LogP contribution is -2.44. The van der Waals surface area contributed by atoms with Gasteiger partial charge in [0.05, 0.1) is 6.04 Å². The smallest absolute Gasteiger partial charge is 0.239 e. The van der Waals surface area contributed by atoms with Crippen LogP contribution < -0.4 is 5.32 Å². The minimum atomic E-state index is -0.0139. The Labute approximate surface area is 81.5 Å². The maximum absolute atomic E-state index is 11.6. The third-order valence-electron chi connectivity index (χ3n) is 1.90. The van der Waals surface area contributed by atoms with Gasteiger partial charge in [0.15, 0.2) is 0 Å². The van der Waals surface area contributed by atoms with E-state index in [2.05, 4.69) is 19.2 Å². The van der Waals surface area contributed by atoms with Gasteiger partial charge in [0.2, 0.25) is 5.91 Å². The summed E-state index contributed by atoms with van der Waals surface area (Å²) in [6.45, 7) is 7.13. The van der Waals surface area contributed by atoms with Crippen molar-refractivity contribution < 1.29 is 4.79 Å². The Morgan fingerprint density at radius 2 is 1.92 bits per heavy atom. The molecule has 0 bridgehead atoms.